The smallest absolute Gasteiger partial charge is 0.811 e. The number of hydrogen-bond donors (Lipinski definition) is 1. The molecule has 0 radical (unpaired) electrons. The molecule has 1 amide bonds. The van der Waals surface area contributed by atoms with Crippen LogP contribution < -0.4 is 230 Å². The van der Waals surface area contributed by atoms with Crippen molar-refractivity contribution in [3.63, 3.8) is 0 Å². The molecule has 1 unspecified atom stereocenters. The summed E-state index contributed by atoms with van der Waals surface area (Å²) in [6.07, 6.45) is 0.423. The first kappa shape index (κ1) is 49.9. The van der Waals surface area contributed by atoms with Gasteiger partial charge in [-0.25, -0.2) is 0 Å². The van der Waals surface area contributed by atoms with E-state index in [1.165, 1.54) is 6.20 Å². The number of aldehydes is 1. The van der Waals surface area contributed by atoms with E-state index in [1.54, 1.807) is 11.5 Å². The van der Waals surface area contributed by atoms with Crippen LogP contribution in [0.4, 0.5) is 5.69 Å². The first-order chi connectivity index (χ1) is 20.4. The van der Waals surface area contributed by atoms with Crippen LogP contribution in [0.2, 0.25) is 0 Å². The van der Waals surface area contributed by atoms with Crippen LogP contribution in [0.5, 0.6) is 0 Å². The number of anilines is 1. The Balaban J connectivity index is 0.00000529. The molecule has 16 heteroatoms. The summed E-state index contributed by atoms with van der Waals surface area (Å²) in [6, 6.07) is 25.6. The number of nitrogens with zero attached hydrogens (tertiary/aromatic N) is 1. The summed E-state index contributed by atoms with van der Waals surface area (Å²) >= 11 is 0. The van der Waals surface area contributed by atoms with Crippen molar-refractivity contribution in [1.82, 2.24) is 4.57 Å². The van der Waals surface area contributed by atoms with Gasteiger partial charge < -0.3 is 38.6 Å². The first-order valence-electron chi connectivity index (χ1n) is 13.6. The molecule has 0 saturated carbocycles. The average Bonchev–Trinajstić information content (AvgIpc) is 3.26. The fraction of sp³-hybridized carbons (Fsp3) is 0.226. The second-order valence-electron chi connectivity index (χ2n) is 10.3. The first-order valence-corrected chi connectivity index (χ1v) is 16.9. The minimum Gasteiger partial charge on any atom is -0.811 e. The van der Waals surface area contributed by atoms with Crippen LogP contribution in [-0.2, 0) is 25.3 Å². The van der Waals surface area contributed by atoms with Crippen LogP contribution in [0.1, 0.15) is 41.7 Å². The maximum Gasteiger partial charge on any atom is 1.00 e. The van der Waals surface area contributed by atoms with Gasteiger partial charge in [0.15, 0.2) is 0 Å². The predicted molar refractivity (Wildman–Crippen MR) is 157 cm³/mol. The van der Waals surface area contributed by atoms with E-state index in [4.69, 9.17) is 0 Å². The monoisotopic (exact) mass is 776 g/mol. The standard InChI is InChI=1S/C31H34N2O8P2.4K/c1-22-31(32-30(35)21-34)28(29(43(39,40)41)14-8-9-15-42(36,37)38)20-33(22)19-23-16-26(24-10-4-2-5-11-24)18-27(17-23)25-12-6-3-7-13-25;;;;/h2-7,10-13,16-18,20-21,29H,8-9,14-15,19H2,1H3,(H,32,35)(H2,36,37,38)(H2,39,40,41);;;;/q;4*+1/p-4. The Morgan fingerprint density at radius 2 is 1.32 bits per heavy atom. The molecule has 0 aliphatic carbocycles. The molecule has 1 heterocycles. The number of nitrogens with one attached hydrogen (secondary N) is 1. The third-order valence-corrected chi connectivity index (χ3v) is 9.36. The quantitative estimate of drug-likeness (QED) is 0.0458. The predicted octanol–water partition coefficient (Wildman–Crippen LogP) is -8.63. The van der Waals surface area contributed by atoms with Gasteiger partial charge in [-0.05, 0) is 71.9 Å². The zero-order valence-corrected chi connectivity index (χ0v) is 41.7. The van der Waals surface area contributed by atoms with Crippen molar-refractivity contribution in [2.45, 2.75) is 38.4 Å². The van der Waals surface area contributed by atoms with Gasteiger partial charge in [0.2, 0.25) is 6.29 Å². The second-order valence-corrected chi connectivity index (χ2v) is 13.7. The summed E-state index contributed by atoms with van der Waals surface area (Å²) < 4.78 is 25.1. The molecule has 47 heavy (non-hydrogen) atoms. The molecular formula is C31H30K4N2O8P2. The maximum atomic E-state index is 12.4. The number of carbonyl (C=O) groups excluding carboxylic acids is 2. The number of benzene rings is 3. The Hall–Kier alpha value is 2.93. The Bertz CT molecular complexity index is 1640. The normalized spacial score (nSPS) is 11.5. The van der Waals surface area contributed by atoms with Gasteiger partial charge in [-0.15, -0.1) is 0 Å². The van der Waals surface area contributed by atoms with Gasteiger partial charge in [-0.1, -0.05) is 82.3 Å². The fourth-order valence-corrected chi connectivity index (χ4v) is 6.76. The third kappa shape index (κ3) is 15.7. The van der Waals surface area contributed by atoms with Crippen molar-refractivity contribution >= 4 is 33.1 Å². The molecule has 4 rings (SSSR count). The molecule has 4 aromatic rings. The van der Waals surface area contributed by atoms with Crippen LogP contribution in [0.25, 0.3) is 22.3 Å². The second kappa shape index (κ2) is 23.7. The molecule has 0 fully saturated rings. The van der Waals surface area contributed by atoms with Crippen molar-refractivity contribution in [2.75, 3.05) is 11.5 Å². The molecule has 0 aliphatic rings. The number of carbonyl (C=O) groups is 2. The van der Waals surface area contributed by atoms with E-state index in [0.717, 1.165) is 27.8 Å². The van der Waals surface area contributed by atoms with E-state index >= 15 is 0 Å². The largest absolute Gasteiger partial charge is 1.00 e. The van der Waals surface area contributed by atoms with E-state index in [2.05, 4.69) is 11.4 Å². The summed E-state index contributed by atoms with van der Waals surface area (Å²) in [5.74, 6) is -1.02. The molecule has 1 atom stereocenters. The Labute approximate surface area is 445 Å². The summed E-state index contributed by atoms with van der Waals surface area (Å²) in [6.45, 7) is 1.87. The van der Waals surface area contributed by atoms with Gasteiger partial charge in [-0.2, -0.15) is 0 Å². The van der Waals surface area contributed by atoms with Crippen molar-refractivity contribution in [3.05, 3.63) is 102 Å². The molecule has 1 aromatic heterocycles. The maximum absolute atomic E-state index is 12.4. The SMILES string of the molecule is Cc1c(NC(=O)C=O)c(C(CCCCP(=O)([O-])[O-])P(=O)([O-])[O-])cn1Cc1cc(-c2ccccc2)cc(-c2ccccc2)c1.[K+].[K+].[K+].[K+]. The summed E-state index contributed by atoms with van der Waals surface area (Å²) in [5, 5.41) is 2.41. The van der Waals surface area contributed by atoms with E-state index in [9.17, 15) is 38.3 Å². The van der Waals surface area contributed by atoms with Crippen molar-refractivity contribution in [1.29, 1.82) is 0 Å². The van der Waals surface area contributed by atoms with Gasteiger partial charge >= 0.3 is 206 Å². The van der Waals surface area contributed by atoms with Crippen LogP contribution >= 0.6 is 15.2 Å². The molecule has 1 N–H and O–H groups in total. The number of unbranched alkanes of at least 4 members (excludes halogenated alkanes) is 1. The molecule has 10 nitrogen and oxygen atoms in total. The van der Waals surface area contributed by atoms with Crippen molar-refractivity contribution in [3.8, 4) is 22.3 Å². The number of amides is 1. The van der Waals surface area contributed by atoms with Gasteiger partial charge in [0.1, 0.15) is 0 Å². The number of aromatic nitrogens is 1. The molecule has 0 spiro atoms. The van der Waals surface area contributed by atoms with E-state index in [1.807, 2.05) is 72.8 Å². The number of hydrogen-bond acceptors (Lipinski definition) is 8. The minimum atomic E-state index is -5.32. The van der Waals surface area contributed by atoms with Crippen LogP contribution in [-0.4, -0.2) is 22.9 Å². The van der Waals surface area contributed by atoms with E-state index in [0.29, 0.717) is 5.69 Å². The van der Waals surface area contributed by atoms with Crippen molar-refractivity contribution in [2.24, 2.45) is 0 Å². The van der Waals surface area contributed by atoms with Crippen LogP contribution in [0.15, 0.2) is 85.1 Å². The minimum absolute atomic E-state index is 0. The zero-order chi connectivity index (χ0) is 31.2. The summed E-state index contributed by atoms with van der Waals surface area (Å²) in [5.41, 5.74) is 3.55. The van der Waals surface area contributed by atoms with Crippen molar-refractivity contribution < 1.29 is 244 Å². The molecule has 0 aliphatic heterocycles. The molecule has 0 bridgehead atoms. The van der Waals surface area contributed by atoms with Gasteiger partial charge in [0.05, 0.1) is 5.69 Å². The fourth-order valence-electron chi connectivity index (χ4n) is 5.12. The average molecular weight is 777 g/mol. The molecule has 0 saturated heterocycles. The summed E-state index contributed by atoms with van der Waals surface area (Å²) in [7, 11) is -10.1. The Morgan fingerprint density at radius 3 is 1.77 bits per heavy atom. The Kier molecular flexibility index (Phi) is 25.1. The van der Waals surface area contributed by atoms with Gasteiger partial charge in [0.25, 0.3) is 5.91 Å². The van der Waals surface area contributed by atoms with E-state index in [-0.39, 0.29) is 249 Å². The van der Waals surface area contributed by atoms with Gasteiger partial charge in [-0.3, -0.25) is 9.59 Å². The van der Waals surface area contributed by atoms with E-state index < -0.39 is 32.9 Å². The Morgan fingerprint density at radius 1 is 0.809 bits per heavy atom. The zero-order valence-electron chi connectivity index (χ0n) is 27.4. The molecule has 226 valence electrons. The topological polar surface area (TPSA) is 177 Å². The third-order valence-electron chi connectivity index (χ3n) is 7.19. The van der Waals surface area contributed by atoms with Crippen LogP contribution in [0, 0.1) is 6.92 Å². The van der Waals surface area contributed by atoms with Gasteiger partial charge in [0, 0.05) is 29.7 Å². The van der Waals surface area contributed by atoms with Crippen LogP contribution in [0.3, 0.4) is 0 Å². The number of rotatable bonds is 13. The molecular weight excluding hydrogens is 747 g/mol. The molecule has 3 aromatic carbocycles. The summed E-state index contributed by atoms with van der Waals surface area (Å²) in [4.78, 5) is 70.1.